The summed E-state index contributed by atoms with van der Waals surface area (Å²) in [5.41, 5.74) is 1.31. The van der Waals surface area contributed by atoms with Crippen molar-refractivity contribution in [2.75, 3.05) is 12.4 Å². The van der Waals surface area contributed by atoms with E-state index in [0.29, 0.717) is 23.4 Å². The standard InChI is InChI=1S/C16H20FN3O/c1-11-10-20(15-9-13(21-2)7-8-14(15)17)16(18-11)19-12-5-3-4-6-12/h7-10,12H,3-6H2,1-2H3,(H,18,19). The van der Waals surface area contributed by atoms with E-state index in [2.05, 4.69) is 10.3 Å². The lowest BCUT2D eigenvalue weighted by Gasteiger charge is -2.15. The predicted molar refractivity (Wildman–Crippen MR) is 80.7 cm³/mol. The minimum absolute atomic E-state index is 0.289. The zero-order valence-electron chi connectivity index (χ0n) is 12.4. The van der Waals surface area contributed by atoms with Gasteiger partial charge in [-0.3, -0.25) is 4.57 Å². The van der Waals surface area contributed by atoms with Gasteiger partial charge in [-0.2, -0.15) is 0 Å². The van der Waals surface area contributed by atoms with E-state index in [1.807, 2.05) is 13.1 Å². The molecule has 5 heteroatoms. The van der Waals surface area contributed by atoms with Crippen LogP contribution in [0, 0.1) is 12.7 Å². The van der Waals surface area contributed by atoms with Crippen molar-refractivity contribution in [2.24, 2.45) is 0 Å². The van der Waals surface area contributed by atoms with Crippen molar-refractivity contribution in [3.05, 3.63) is 35.9 Å². The first-order valence-electron chi connectivity index (χ1n) is 7.34. The number of rotatable bonds is 4. The van der Waals surface area contributed by atoms with E-state index in [0.717, 1.165) is 18.5 Å². The molecule has 1 aliphatic rings. The molecule has 0 saturated heterocycles. The van der Waals surface area contributed by atoms with Gasteiger partial charge in [0.05, 0.1) is 18.5 Å². The van der Waals surface area contributed by atoms with Crippen LogP contribution in [0.3, 0.4) is 0 Å². The summed E-state index contributed by atoms with van der Waals surface area (Å²) in [5.74, 6) is 1.04. The van der Waals surface area contributed by atoms with Crippen LogP contribution in [0.2, 0.25) is 0 Å². The normalized spacial score (nSPS) is 15.4. The topological polar surface area (TPSA) is 39.1 Å². The van der Waals surface area contributed by atoms with Gasteiger partial charge in [0.25, 0.3) is 0 Å². The van der Waals surface area contributed by atoms with Crippen molar-refractivity contribution in [1.29, 1.82) is 0 Å². The summed E-state index contributed by atoms with van der Waals surface area (Å²) in [6.45, 7) is 1.91. The number of aromatic nitrogens is 2. The van der Waals surface area contributed by atoms with Crippen molar-refractivity contribution in [3.8, 4) is 11.4 Å². The van der Waals surface area contributed by atoms with Gasteiger partial charge in [0, 0.05) is 18.3 Å². The number of benzene rings is 1. The molecule has 1 aliphatic carbocycles. The molecule has 0 spiro atoms. The summed E-state index contributed by atoms with van der Waals surface area (Å²) < 4.78 is 21.1. The average Bonchev–Trinajstić information content (AvgIpc) is 3.10. The van der Waals surface area contributed by atoms with Crippen LogP contribution in [0.1, 0.15) is 31.4 Å². The van der Waals surface area contributed by atoms with Crippen LogP contribution in [0.15, 0.2) is 24.4 Å². The van der Waals surface area contributed by atoms with Gasteiger partial charge >= 0.3 is 0 Å². The van der Waals surface area contributed by atoms with Gasteiger partial charge in [-0.25, -0.2) is 9.37 Å². The Hall–Kier alpha value is -2.04. The van der Waals surface area contributed by atoms with E-state index in [9.17, 15) is 4.39 Å². The van der Waals surface area contributed by atoms with Crippen LogP contribution < -0.4 is 10.1 Å². The third-order valence-electron chi connectivity index (χ3n) is 3.93. The average molecular weight is 289 g/mol. The lowest BCUT2D eigenvalue weighted by molar-refractivity contribution is 0.413. The molecule has 3 rings (SSSR count). The predicted octanol–water partition coefficient (Wildman–Crippen LogP) is 3.68. The highest BCUT2D eigenvalue weighted by atomic mass is 19.1. The van der Waals surface area contributed by atoms with E-state index in [4.69, 9.17) is 4.74 Å². The number of imidazole rings is 1. The molecule has 1 aromatic carbocycles. The van der Waals surface area contributed by atoms with Gasteiger partial charge < -0.3 is 10.1 Å². The molecule has 21 heavy (non-hydrogen) atoms. The van der Waals surface area contributed by atoms with Crippen LogP contribution in [0.4, 0.5) is 10.3 Å². The molecule has 0 bridgehead atoms. The molecule has 2 aromatic rings. The molecule has 0 aliphatic heterocycles. The Morgan fingerprint density at radius 3 is 2.81 bits per heavy atom. The van der Waals surface area contributed by atoms with E-state index in [1.165, 1.54) is 18.9 Å². The monoisotopic (exact) mass is 289 g/mol. The molecule has 0 unspecified atom stereocenters. The number of hydrogen-bond donors (Lipinski definition) is 1. The third-order valence-corrected chi connectivity index (χ3v) is 3.93. The molecule has 4 nitrogen and oxygen atoms in total. The van der Waals surface area contributed by atoms with E-state index < -0.39 is 0 Å². The SMILES string of the molecule is COc1ccc(F)c(-n2cc(C)nc2NC2CCCC2)c1. The Balaban J connectivity index is 1.97. The molecular weight excluding hydrogens is 269 g/mol. The first kappa shape index (κ1) is 13.9. The van der Waals surface area contributed by atoms with Crippen molar-refractivity contribution >= 4 is 5.95 Å². The highest BCUT2D eigenvalue weighted by molar-refractivity contribution is 5.47. The fraction of sp³-hybridized carbons (Fsp3) is 0.438. The van der Waals surface area contributed by atoms with Crippen molar-refractivity contribution in [3.63, 3.8) is 0 Å². The summed E-state index contributed by atoms with van der Waals surface area (Å²) in [6.07, 6.45) is 6.61. The summed E-state index contributed by atoms with van der Waals surface area (Å²) >= 11 is 0. The molecule has 1 aromatic heterocycles. The van der Waals surface area contributed by atoms with Crippen LogP contribution in [-0.2, 0) is 0 Å². The van der Waals surface area contributed by atoms with Crippen LogP contribution in [0.25, 0.3) is 5.69 Å². The lowest BCUT2D eigenvalue weighted by Crippen LogP contribution is -2.18. The van der Waals surface area contributed by atoms with Crippen LogP contribution in [-0.4, -0.2) is 22.7 Å². The maximum atomic E-state index is 14.2. The molecule has 0 radical (unpaired) electrons. The Morgan fingerprint density at radius 2 is 2.10 bits per heavy atom. The molecule has 1 fully saturated rings. The number of nitrogens with one attached hydrogen (secondary N) is 1. The maximum absolute atomic E-state index is 14.2. The fourth-order valence-corrected chi connectivity index (χ4v) is 2.84. The smallest absolute Gasteiger partial charge is 0.208 e. The first-order valence-corrected chi connectivity index (χ1v) is 7.34. The lowest BCUT2D eigenvalue weighted by atomic mass is 10.2. The summed E-state index contributed by atoms with van der Waals surface area (Å²) in [5, 5.41) is 3.44. The van der Waals surface area contributed by atoms with E-state index >= 15 is 0 Å². The number of nitrogens with zero attached hydrogens (tertiary/aromatic N) is 2. The molecule has 0 atom stereocenters. The van der Waals surface area contributed by atoms with E-state index in [-0.39, 0.29) is 5.82 Å². The number of hydrogen-bond acceptors (Lipinski definition) is 3. The number of aryl methyl sites for hydroxylation is 1. The molecule has 112 valence electrons. The summed E-state index contributed by atoms with van der Waals surface area (Å²) in [6, 6.07) is 5.16. The van der Waals surface area contributed by atoms with Gasteiger partial charge in [-0.05, 0) is 31.9 Å². The van der Waals surface area contributed by atoms with Crippen LogP contribution in [0.5, 0.6) is 5.75 Å². The van der Waals surface area contributed by atoms with Gasteiger partial charge in [0.2, 0.25) is 5.95 Å². The molecule has 1 heterocycles. The Morgan fingerprint density at radius 1 is 1.33 bits per heavy atom. The van der Waals surface area contributed by atoms with Gasteiger partial charge in [-0.15, -0.1) is 0 Å². The summed E-state index contributed by atoms with van der Waals surface area (Å²) in [7, 11) is 1.58. The second kappa shape index (κ2) is 5.76. The molecular formula is C16H20FN3O. The zero-order chi connectivity index (χ0) is 14.8. The maximum Gasteiger partial charge on any atom is 0.208 e. The highest BCUT2D eigenvalue weighted by Gasteiger charge is 2.19. The number of halogens is 1. The van der Waals surface area contributed by atoms with Gasteiger partial charge in [0.15, 0.2) is 0 Å². The second-order valence-corrected chi connectivity index (χ2v) is 5.52. The number of anilines is 1. The van der Waals surface area contributed by atoms with Crippen molar-refractivity contribution < 1.29 is 9.13 Å². The second-order valence-electron chi connectivity index (χ2n) is 5.52. The van der Waals surface area contributed by atoms with Gasteiger partial charge in [0.1, 0.15) is 11.6 Å². The van der Waals surface area contributed by atoms with Crippen molar-refractivity contribution in [1.82, 2.24) is 9.55 Å². The third kappa shape index (κ3) is 2.86. The Labute approximate surface area is 124 Å². The number of methoxy groups -OCH3 is 1. The zero-order valence-corrected chi connectivity index (χ0v) is 12.4. The highest BCUT2D eigenvalue weighted by Crippen LogP contribution is 2.27. The quantitative estimate of drug-likeness (QED) is 0.933. The van der Waals surface area contributed by atoms with Crippen LogP contribution >= 0.6 is 0 Å². The minimum atomic E-state index is -0.289. The Bertz CT molecular complexity index is 632. The molecule has 1 saturated carbocycles. The van der Waals surface area contributed by atoms with Crippen molar-refractivity contribution in [2.45, 2.75) is 38.6 Å². The van der Waals surface area contributed by atoms with E-state index in [1.54, 1.807) is 23.8 Å². The largest absolute Gasteiger partial charge is 0.497 e. The summed E-state index contributed by atoms with van der Waals surface area (Å²) in [4.78, 5) is 4.49. The number of ether oxygens (including phenoxy) is 1. The fourth-order valence-electron chi connectivity index (χ4n) is 2.84. The molecule has 0 amide bonds. The molecule has 1 N–H and O–H groups in total. The van der Waals surface area contributed by atoms with Gasteiger partial charge in [-0.1, -0.05) is 12.8 Å². The Kier molecular flexibility index (Phi) is 3.82. The first-order chi connectivity index (χ1) is 10.2. The minimum Gasteiger partial charge on any atom is -0.497 e.